The van der Waals surface area contributed by atoms with E-state index in [0.29, 0.717) is 16.4 Å². The summed E-state index contributed by atoms with van der Waals surface area (Å²) < 4.78 is 76.5. The van der Waals surface area contributed by atoms with Crippen LogP contribution in [0.2, 0.25) is 0 Å². The Bertz CT molecular complexity index is 1040. The number of nitrogens with zero attached hydrogens (tertiary/aromatic N) is 2. The number of anilines is 3. The molecule has 0 bridgehead atoms. The lowest BCUT2D eigenvalue weighted by atomic mass is 10.2. The van der Waals surface area contributed by atoms with E-state index in [2.05, 4.69) is 9.39 Å². The first-order valence-electron chi connectivity index (χ1n) is 7.94. The standard InChI is InChI=1S/C16H16F3IN2O3P2S/c1-25-13-7-11(18)14(19)16(15(13)22(27)28(23,24)9-3-4-9)21(26)12-5-2-8(20)6-10(12)17/h2,5-7,9H,3-4,26-27H2,1H3. The van der Waals surface area contributed by atoms with Gasteiger partial charge in [-0.05, 0) is 72.4 Å². The molecule has 0 heterocycles. The molecule has 0 saturated heterocycles. The van der Waals surface area contributed by atoms with Gasteiger partial charge in [0.2, 0.25) is 10.0 Å². The van der Waals surface area contributed by atoms with E-state index in [1.165, 1.54) is 19.2 Å². The highest BCUT2D eigenvalue weighted by Crippen LogP contribution is 2.49. The van der Waals surface area contributed by atoms with Gasteiger partial charge in [-0.2, -0.15) is 0 Å². The molecule has 0 spiro atoms. The Morgan fingerprint density at radius 3 is 2.29 bits per heavy atom. The zero-order valence-electron chi connectivity index (χ0n) is 14.5. The Balaban J connectivity index is 2.25. The Morgan fingerprint density at radius 2 is 1.75 bits per heavy atom. The van der Waals surface area contributed by atoms with Gasteiger partial charge in [0.15, 0.2) is 11.6 Å². The Morgan fingerprint density at radius 1 is 1.11 bits per heavy atom. The fourth-order valence-corrected chi connectivity index (χ4v) is 5.77. The first-order chi connectivity index (χ1) is 13.1. The van der Waals surface area contributed by atoms with Gasteiger partial charge >= 0.3 is 0 Å². The quantitative estimate of drug-likeness (QED) is 0.378. The van der Waals surface area contributed by atoms with Crippen LogP contribution in [-0.4, -0.2) is 20.8 Å². The van der Waals surface area contributed by atoms with E-state index in [0.717, 1.165) is 14.8 Å². The topological polar surface area (TPSA) is 49.9 Å². The Kier molecular flexibility index (Phi) is 6.35. The summed E-state index contributed by atoms with van der Waals surface area (Å²) >= 11 is 1.92. The predicted octanol–water partition coefficient (Wildman–Crippen LogP) is 4.73. The van der Waals surface area contributed by atoms with Crippen molar-refractivity contribution in [3.05, 3.63) is 45.3 Å². The van der Waals surface area contributed by atoms with Crippen molar-refractivity contribution >= 4 is 68.5 Å². The van der Waals surface area contributed by atoms with Gasteiger partial charge in [-0.1, -0.05) is 0 Å². The summed E-state index contributed by atoms with van der Waals surface area (Å²) in [5.74, 6) is -3.47. The molecule has 1 aliphatic carbocycles. The molecule has 1 aliphatic rings. The van der Waals surface area contributed by atoms with Crippen LogP contribution in [0, 0.1) is 21.0 Å². The summed E-state index contributed by atoms with van der Waals surface area (Å²) in [6.45, 7) is 0. The van der Waals surface area contributed by atoms with Crippen molar-refractivity contribution in [3.8, 4) is 5.75 Å². The first kappa shape index (κ1) is 21.9. The molecule has 0 radical (unpaired) electrons. The fraction of sp³-hybridized carbons (Fsp3) is 0.250. The van der Waals surface area contributed by atoms with Crippen LogP contribution in [0.3, 0.4) is 0 Å². The molecule has 3 rings (SSSR count). The average Bonchev–Trinajstić information content (AvgIpc) is 3.48. The second-order valence-electron chi connectivity index (χ2n) is 6.08. The number of rotatable bonds is 6. The lowest BCUT2D eigenvalue weighted by Gasteiger charge is -2.29. The van der Waals surface area contributed by atoms with Crippen LogP contribution in [-0.2, 0) is 10.0 Å². The molecule has 2 aromatic rings. The van der Waals surface area contributed by atoms with Gasteiger partial charge < -0.3 is 9.41 Å². The van der Waals surface area contributed by atoms with Gasteiger partial charge in [0, 0.05) is 9.64 Å². The largest absolute Gasteiger partial charge is 0.494 e. The third kappa shape index (κ3) is 3.93. The van der Waals surface area contributed by atoms with E-state index in [9.17, 15) is 21.6 Å². The van der Waals surface area contributed by atoms with Crippen molar-refractivity contribution in [3.63, 3.8) is 0 Å². The Hall–Kier alpha value is -0.830. The zero-order chi connectivity index (χ0) is 20.8. The number of hydrogen-bond donors (Lipinski definition) is 0. The molecule has 28 heavy (non-hydrogen) atoms. The SMILES string of the molecule is COc1cc(F)c(F)c(N(P)c2ccc(I)cc2F)c1N(P)S(=O)(=O)C1CC1. The summed E-state index contributed by atoms with van der Waals surface area (Å²) in [5.41, 5.74) is -0.812. The number of ether oxygens (including phenoxy) is 1. The van der Waals surface area contributed by atoms with Gasteiger partial charge in [-0.15, -0.1) is 0 Å². The summed E-state index contributed by atoms with van der Waals surface area (Å²) in [6.07, 6.45) is 0.954. The minimum absolute atomic E-state index is 0.0829. The van der Waals surface area contributed by atoms with E-state index >= 15 is 0 Å². The number of sulfonamides is 1. The van der Waals surface area contributed by atoms with Crippen molar-refractivity contribution in [2.75, 3.05) is 15.9 Å². The van der Waals surface area contributed by atoms with Crippen LogP contribution in [0.15, 0.2) is 24.3 Å². The van der Waals surface area contributed by atoms with E-state index in [1.807, 2.05) is 32.0 Å². The van der Waals surface area contributed by atoms with Crippen molar-refractivity contribution in [1.82, 2.24) is 0 Å². The maximum atomic E-state index is 14.9. The normalized spacial score (nSPS) is 14.1. The highest BCUT2D eigenvalue weighted by molar-refractivity contribution is 14.1. The molecule has 2 aromatic carbocycles. The van der Waals surface area contributed by atoms with Crippen molar-refractivity contribution < 1.29 is 26.3 Å². The van der Waals surface area contributed by atoms with Crippen molar-refractivity contribution in [2.45, 2.75) is 18.1 Å². The summed E-state index contributed by atoms with van der Waals surface area (Å²) in [6, 6.07) is 4.95. The maximum Gasteiger partial charge on any atom is 0.240 e. The molecule has 0 aromatic heterocycles. The predicted molar refractivity (Wildman–Crippen MR) is 118 cm³/mol. The molecule has 0 amide bonds. The highest BCUT2D eigenvalue weighted by Gasteiger charge is 2.41. The molecular weight excluding hydrogens is 546 g/mol. The van der Waals surface area contributed by atoms with Crippen LogP contribution in [0.1, 0.15) is 12.8 Å². The first-order valence-corrected chi connectivity index (χ1v) is 11.6. The molecule has 2 atom stereocenters. The molecule has 5 nitrogen and oxygen atoms in total. The molecule has 1 fully saturated rings. The summed E-state index contributed by atoms with van der Waals surface area (Å²) in [4.78, 5) is 0. The maximum absolute atomic E-state index is 14.9. The van der Waals surface area contributed by atoms with Crippen LogP contribution in [0.25, 0.3) is 0 Å². The minimum Gasteiger partial charge on any atom is -0.494 e. The lowest BCUT2D eigenvalue weighted by molar-refractivity contribution is 0.408. The van der Waals surface area contributed by atoms with Gasteiger partial charge in [0.25, 0.3) is 0 Å². The van der Waals surface area contributed by atoms with E-state index in [-0.39, 0.29) is 17.1 Å². The monoisotopic (exact) mass is 562 g/mol. The lowest BCUT2D eigenvalue weighted by Crippen LogP contribution is -2.26. The second kappa shape index (κ2) is 8.13. The third-order valence-corrected chi connectivity index (χ3v) is 8.60. The second-order valence-corrected chi connectivity index (χ2v) is 10.8. The molecule has 2 unspecified atom stereocenters. The molecule has 152 valence electrons. The number of benzene rings is 2. The van der Waals surface area contributed by atoms with E-state index < -0.39 is 38.4 Å². The van der Waals surface area contributed by atoms with Crippen LogP contribution < -0.4 is 13.5 Å². The number of halogens is 4. The molecule has 0 N–H and O–H groups in total. The molecule has 12 heteroatoms. The number of methoxy groups -OCH3 is 1. The van der Waals surface area contributed by atoms with Gasteiger partial charge in [-0.25, -0.2) is 25.7 Å². The van der Waals surface area contributed by atoms with Crippen LogP contribution in [0.5, 0.6) is 5.75 Å². The van der Waals surface area contributed by atoms with Gasteiger partial charge in [-0.3, -0.25) is 0 Å². The van der Waals surface area contributed by atoms with Crippen molar-refractivity contribution in [1.29, 1.82) is 0 Å². The van der Waals surface area contributed by atoms with Crippen LogP contribution >= 0.6 is 41.4 Å². The zero-order valence-corrected chi connectivity index (χ0v) is 19.8. The van der Waals surface area contributed by atoms with Crippen LogP contribution in [0.4, 0.5) is 30.2 Å². The summed E-state index contributed by atoms with van der Waals surface area (Å²) in [7, 11) is 1.47. The summed E-state index contributed by atoms with van der Waals surface area (Å²) in [5, 5.41) is -0.608. The molecular formula is C16H16F3IN2O3P2S. The van der Waals surface area contributed by atoms with Gasteiger partial charge in [0.1, 0.15) is 22.9 Å². The smallest absolute Gasteiger partial charge is 0.240 e. The van der Waals surface area contributed by atoms with E-state index in [4.69, 9.17) is 4.74 Å². The minimum atomic E-state index is -3.84. The van der Waals surface area contributed by atoms with Crippen molar-refractivity contribution in [2.24, 2.45) is 0 Å². The molecule has 0 aliphatic heterocycles. The van der Waals surface area contributed by atoms with Gasteiger partial charge in [0.05, 0.1) is 18.0 Å². The Labute approximate surface area is 179 Å². The van der Waals surface area contributed by atoms with E-state index in [1.54, 1.807) is 6.07 Å². The number of hydrogen-bond acceptors (Lipinski definition) is 4. The fourth-order valence-electron chi connectivity index (χ4n) is 2.62. The third-order valence-electron chi connectivity index (χ3n) is 4.20. The molecule has 1 saturated carbocycles. The average molecular weight is 562 g/mol. The highest BCUT2D eigenvalue weighted by atomic mass is 127.